The van der Waals surface area contributed by atoms with Gasteiger partial charge in [0.2, 0.25) is 6.79 Å². The summed E-state index contributed by atoms with van der Waals surface area (Å²) in [4.78, 5) is 16.6. The minimum Gasteiger partial charge on any atom is -0.454 e. The number of pyridine rings is 1. The van der Waals surface area contributed by atoms with Gasteiger partial charge in [-0.05, 0) is 36.2 Å². The maximum Gasteiger partial charge on any atom is 0.253 e. The van der Waals surface area contributed by atoms with E-state index in [9.17, 15) is 4.79 Å². The number of anilines is 1. The molecule has 2 aromatic carbocycles. The summed E-state index contributed by atoms with van der Waals surface area (Å²) in [6.07, 6.45) is 3.27. The Morgan fingerprint density at radius 2 is 1.86 bits per heavy atom. The fourth-order valence-corrected chi connectivity index (χ4v) is 3.02. The summed E-state index contributed by atoms with van der Waals surface area (Å²) in [5.74, 6) is 1.36. The molecule has 28 heavy (non-hydrogen) atoms. The third-order valence-corrected chi connectivity index (χ3v) is 4.47. The number of ether oxygens (including phenoxy) is 2. The normalized spacial score (nSPS) is 11.9. The Morgan fingerprint density at radius 3 is 2.75 bits per heavy atom. The lowest BCUT2D eigenvalue weighted by molar-refractivity contribution is 0.0950. The number of carbonyl (C=O) groups is 1. The Morgan fingerprint density at radius 1 is 1.00 bits per heavy atom. The highest BCUT2D eigenvalue weighted by molar-refractivity contribution is 5.94. The monoisotopic (exact) mass is 375 g/mol. The maximum atomic E-state index is 12.4. The summed E-state index contributed by atoms with van der Waals surface area (Å²) in [5, 5.41) is 6.22. The van der Waals surface area contributed by atoms with Gasteiger partial charge in [-0.3, -0.25) is 9.78 Å². The minimum atomic E-state index is -0.152. The predicted molar refractivity (Wildman–Crippen MR) is 106 cm³/mol. The van der Waals surface area contributed by atoms with Crippen LogP contribution in [0.2, 0.25) is 0 Å². The van der Waals surface area contributed by atoms with Gasteiger partial charge >= 0.3 is 0 Å². The lowest BCUT2D eigenvalue weighted by Crippen LogP contribution is -2.23. The minimum absolute atomic E-state index is 0.152. The molecule has 1 aliphatic heterocycles. The molecule has 2 N–H and O–H groups in total. The van der Waals surface area contributed by atoms with Crippen LogP contribution in [-0.4, -0.2) is 17.7 Å². The van der Waals surface area contributed by atoms with Gasteiger partial charge < -0.3 is 20.1 Å². The molecule has 2 heterocycles. The number of amides is 1. The van der Waals surface area contributed by atoms with Gasteiger partial charge in [0, 0.05) is 25.5 Å². The standard InChI is InChI=1S/C22H21N3O3/c1-15-3-2-4-16(7-15)11-25-22(26)18-9-19(13-23-12-18)24-10-17-5-6-20-21(8-17)28-14-27-20/h2-9,12-13,24H,10-11,14H2,1H3,(H,25,26). The SMILES string of the molecule is Cc1cccc(CNC(=O)c2cncc(NCc3ccc4c(c3)OCO4)c2)c1. The molecule has 6 nitrogen and oxygen atoms in total. The number of hydrogen-bond donors (Lipinski definition) is 2. The molecular formula is C22H21N3O3. The first-order valence-corrected chi connectivity index (χ1v) is 9.08. The van der Waals surface area contributed by atoms with Gasteiger partial charge in [-0.2, -0.15) is 0 Å². The smallest absolute Gasteiger partial charge is 0.253 e. The van der Waals surface area contributed by atoms with Crippen LogP contribution in [0.1, 0.15) is 27.0 Å². The number of nitrogens with one attached hydrogen (secondary N) is 2. The first-order chi connectivity index (χ1) is 13.7. The second-order valence-electron chi connectivity index (χ2n) is 6.68. The molecule has 0 fully saturated rings. The van der Waals surface area contributed by atoms with E-state index >= 15 is 0 Å². The molecule has 1 amide bonds. The molecule has 0 spiro atoms. The summed E-state index contributed by atoms with van der Waals surface area (Å²) < 4.78 is 10.7. The van der Waals surface area contributed by atoms with Gasteiger partial charge in [0.15, 0.2) is 11.5 Å². The van der Waals surface area contributed by atoms with Crippen molar-refractivity contribution < 1.29 is 14.3 Å². The quantitative estimate of drug-likeness (QED) is 0.688. The molecule has 4 rings (SSSR count). The summed E-state index contributed by atoms with van der Waals surface area (Å²) in [5.41, 5.74) is 4.59. The highest BCUT2D eigenvalue weighted by atomic mass is 16.7. The average molecular weight is 375 g/mol. The Hall–Kier alpha value is -3.54. The van der Waals surface area contributed by atoms with Crippen LogP contribution in [0, 0.1) is 6.92 Å². The van der Waals surface area contributed by atoms with Gasteiger partial charge in [0.1, 0.15) is 0 Å². The highest BCUT2D eigenvalue weighted by Gasteiger charge is 2.13. The van der Waals surface area contributed by atoms with Gasteiger partial charge in [0.25, 0.3) is 5.91 Å². The van der Waals surface area contributed by atoms with Crippen molar-refractivity contribution in [3.63, 3.8) is 0 Å². The van der Waals surface area contributed by atoms with E-state index < -0.39 is 0 Å². The van der Waals surface area contributed by atoms with E-state index in [0.29, 0.717) is 18.7 Å². The summed E-state index contributed by atoms with van der Waals surface area (Å²) in [6, 6.07) is 15.7. The van der Waals surface area contributed by atoms with Crippen molar-refractivity contribution >= 4 is 11.6 Å². The lowest BCUT2D eigenvalue weighted by Gasteiger charge is -2.09. The molecule has 1 aliphatic rings. The van der Waals surface area contributed by atoms with Crippen LogP contribution in [0.15, 0.2) is 60.9 Å². The zero-order chi connectivity index (χ0) is 19.3. The van der Waals surface area contributed by atoms with E-state index in [1.54, 1.807) is 18.5 Å². The Bertz CT molecular complexity index is 1000. The Balaban J connectivity index is 1.36. The molecule has 0 unspecified atom stereocenters. The fourth-order valence-electron chi connectivity index (χ4n) is 3.02. The van der Waals surface area contributed by atoms with Crippen molar-refractivity contribution in [2.75, 3.05) is 12.1 Å². The number of rotatable bonds is 6. The summed E-state index contributed by atoms with van der Waals surface area (Å²) in [6.45, 7) is 3.36. The van der Waals surface area contributed by atoms with Crippen molar-refractivity contribution in [2.24, 2.45) is 0 Å². The van der Waals surface area contributed by atoms with E-state index in [1.807, 2.05) is 43.3 Å². The van der Waals surface area contributed by atoms with Gasteiger partial charge in [-0.15, -0.1) is 0 Å². The van der Waals surface area contributed by atoms with Crippen molar-refractivity contribution in [2.45, 2.75) is 20.0 Å². The number of nitrogens with zero attached hydrogens (tertiary/aromatic N) is 1. The zero-order valence-electron chi connectivity index (χ0n) is 15.6. The van der Waals surface area contributed by atoms with E-state index in [1.165, 1.54) is 5.56 Å². The van der Waals surface area contributed by atoms with Gasteiger partial charge in [-0.1, -0.05) is 35.9 Å². The van der Waals surface area contributed by atoms with E-state index in [2.05, 4.69) is 21.7 Å². The third-order valence-electron chi connectivity index (χ3n) is 4.47. The fraction of sp³-hybridized carbons (Fsp3) is 0.182. The largest absolute Gasteiger partial charge is 0.454 e. The molecule has 0 radical (unpaired) electrons. The molecule has 3 aromatic rings. The second kappa shape index (κ2) is 8.00. The molecule has 0 saturated heterocycles. The number of benzene rings is 2. The van der Waals surface area contributed by atoms with Crippen molar-refractivity contribution in [1.82, 2.24) is 10.3 Å². The third kappa shape index (κ3) is 4.23. The number of carbonyl (C=O) groups excluding carboxylic acids is 1. The summed E-state index contributed by atoms with van der Waals surface area (Å²) >= 11 is 0. The number of aryl methyl sites for hydroxylation is 1. The topological polar surface area (TPSA) is 72.5 Å². The Labute approximate surface area is 163 Å². The number of fused-ring (bicyclic) bond motifs is 1. The van der Waals surface area contributed by atoms with Crippen LogP contribution in [0.5, 0.6) is 11.5 Å². The van der Waals surface area contributed by atoms with Crippen LogP contribution in [-0.2, 0) is 13.1 Å². The molecule has 0 atom stereocenters. The molecule has 142 valence electrons. The van der Waals surface area contributed by atoms with Crippen LogP contribution in [0.25, 0.3) is 0 Å². The Kier molecular flexibility index (Phi) is 5.10. The molecular weight excluding hydrogens is 354 g/mol. The second-order valence-corrected chi connectivity index (χ2v) is 6.68. The van der Waals surface area contributed by atoms with E-state index in [4.69, 9.17) is 9.47 Å². The van der Waals surface area contributed by atoms with Crippen molar-refractivity contribution in [1.29, 1.82) is 0 Å². The summed E-state index contributed by atoms with van der Waals surface area (Å²) in [7, 11) is 0. The van der Waals surface area contributed by atoms with E-state index in [0.717, 1.165) is 28.3 Å². The first kappa shape index (κ1) is 17.9. The highest BCUT2D eigenvalue weighted by Crippen LogP contribution is 2.32. The van der Waals surface area contributed by atoms with Crippen LogP contribution >= 0.6 is 0 Å². The molecule has 0 saturated carbocycles. The average Bonchev–Trinajstić information content (AvgIpc) is 3.19. The van der Waals surface area contributed by atoms with Gasteiger partial charge in [-0.25, -0.2) is 0 Å². The maximum absolute atomic E-state index is 12.4. The van der Waals surface area contributed by atoms with Crippen LogP contribution in [0.3, 0.4) is 0 Å². The molecule has 1 aromatic heterocycles. The zero-order valence-corrected chi connectivity index (χ0v) is 15.6. The van der Waals surface area contributed by atoms with Crippen LogP contribution < -0.4 is 20.1 Å². The molecule has 0 aliphatic carbocycles. The lowest BCUT2D eigenvalue weighted by atomic mass is 10.1. The number of aromatic nitrogens is 1. The van der Waals surface area contributed by atoms with Crippen LogP contribution in [0.4, 0.5) is 5.69 Å². The van der Waals surface area contributed by atoms with Gasteiger partial charge in [0.05, 0.1) is 11.3 Å². The molecule has 0 bridgehead atoms. The number of hydrogen-bond acceptors (Lipinski definition) is 5. The molecule has 6 heteroatoms. The van der Waals surface area contributed by atoms with Crippen molar-refractivity contribution in [3.05, 3.63) is 83.2 Å². The van der Waals surface area contributed by atoms with E-state index in [-0.39, 0.29) is 12.7 Å². The first-order valence-electron chi connectivity index (χ1n) is 9.08. The van der Waals surface area contributed by atoms with Crippen molar-refractivity contribution in [3.8, 4) is 11.5 Å². The predicted octanol–water partition coefficient (Wildman–Crippen LogP) is 3.66.